The van der Waals surface area contributed by atoms with Gasteiger partial charge in [-0.2, -0.15) is 0 Å². The first-order chi connectivity index (χ1) is 9.52. The predicted molar refractivity (Wildman–Crippen MR) is 93.6 cm³/mol. The Hall–Kier alpha value is 0.120. The first-order valence-electron chi connectivity index (χ1n) is 6.16. The summed E-state index contributed by atoms with van der Waals surface area (Å²) < 4.78 is 15.5. The van der Waals surface area contributed by atoms with E-state index in [0.717, 1.165) is 27.7 Å². The topological polar surface area (TPSA) is 12.0 Å². The summed E-state index contributed by atoms with van der Waals surface area (Å²) in [6, 6.07) is 6.60. The average Bonchev–Trinajstić information content (AvgIpc) is 2.71. The van der Waals surface area contributed by atoms with Gasteiger partial charge in [0.15, 0.2) is 0 Å². The number of hydrogen-bond acceptors (Lipinski definition) is 2. The minimum absolute atomic E-state index is 0.0706. The molecule has 0 aliphatic rings. The molecule has 1 aromatic heterocycles. The van der Waals surface area contributed by atoms with Gasteiger partial charge in [0, 0.05) is 9.13 Å². The van der Waals surface area contributed by atoms with E-state index in [1.807, 2.05) is 6.07 Å². The van der Waals surface area contributed by atoms with Gasteiger partial charge < -0.3 is 5.32 Å². The first-order valence-corrected chi connectivity index (χ1v) is 8.81. The molecule has 108 valence electrons. The Kier molecular flexibility index (Phi) is 6.10. The summed E-state index contributed by atoms with van der Waals surface area (Å²) in [5.41, 5.74) is 1.96. The maximum absolute atomic E-state index is 13.3. The summed E-state index contributed by atoms with van der Waals surface area (Å²) in [5, 5.41) is 3.45. The maximum Gasteiger partial charge on any atom is 0.124 e. The van der Waals surface area contributed by atoms with Crippen LogP contribution < -0.4 is 5.32 Å². The Bertz CT molecular complexity index is 603. The lowest BCUT2D eigenvalue weighted by atomic mass is 10.0. The molecule has 1 nitrogen and oxygen atoms in total. The lowest BCUT2D eigenvalue weighted by molar-refractivity contribution is 0.591. The van der Waals surface area contributed by atoms with Crippen LogP contribution in [-0.2, 0) is 0 Å². The Morgan fingerprint density at radius 1 is 1.30 bits per heavy atom. The van der Waals surface area contributed by atoms with Crippen LogP contribution in [0.4, 0.5) is 4.39 Å². The molecule has 0 amide bonds. The minimum atomic E-state index is -0.234. The molecule has 0 spiro atoms. The molecule has 0 aliphatic carbocycles. The molecule has 6 heteroatoms. The number of hydrogen-bond donors (Lipinski definition) is 1. The molecule has 0 radical (unpaired) electrons. The Morgan fingerprint density at radius 3 is 2.60 bits per heavy atom. The molecular weight excluding hydrogens is 431 g/mol. The van der Waals surface area contributed by atoms with Crippen LogP contribution in [0.3, 0.4) is 0 Å². The summed E-state index contributed by atoms with van der Waals surface area (Å²) in [6.07, 6.45) is 1.00. The molecule has 1 N–H and O–H groups in total. The van der Waals surface area contributed by atoms with Gasteiger partial charge in [-0.25, -0.2) is 4.39 Å². The van der Waals surface area contributed by atoms with Crippen LogP contribution in [0.25, 0.3) is 0 Å². The number of benzene rings is 1. The van der Waals surface area contributed by atoms with Crippen molar-refractivity contribution in [2.45, 2.75) is 19.4 Å². The van der Waals surface area contributed by atoms with Crippen molar-refractivity contribution in [3.8, 4) is 0 Å². The minimum Gasteiger partial charge on any atom is -0.306 e. The van der Waals surface area contributed by atoms with E-state index < -0.39 is 0 Å². The SMILES string of the molecule is CCCNC(c1ccc(F)cc1I)c1cc(Cl)sc1Cl. The second-order valence-electron chi connectivity index (χ2n) is 4.33. The van der Waals surface area contributed by atoms with Gasteiger partial charge in [0.25, 0.3) is 0 Å². The van der Waals surface area contributed by atoms with Gasteiger partial charge in [-0.1, -0.05) is 36.2 Å². The molecule has 1 aromatic carbocycles. The van der Waals surface area contributed by atoms with E-state index in [0.29, 0.717) is 8.67 Å². The third-order valence-corrected chi connectivity index (χ3v) is 5.32. The van der Waals surface area contributed by atoms with E-state index in [-0.39, 0.29) is 11.9 Å². The zero-order valence-electron chi connectivity index (χ0n) is 10.7. The monoisotopic (exact) mass is 443 g/mol. The second-order valence-corrected chi connectivity index (χ2v) is 7.78. The largest absolute Gasteiger partial charge is 0.306 e. The second kappa shape index (κ2) is 7.40. The van der Waals surface area contributed by atoms with Crippen molar-refractivity contribution < 1.29 is 4.39 Å². The third kappa shape index (κ3) is 3.85. The third-order valence-electron chi connectivity index (χ3n) is 2.87. The summed E-state index contributed by atoms with van der Waals surface area (Å²) in [4.78, 5) is 0. The molecule has 0 aliphatic heterocycles. The van der Waals surface area contributed by atoms with Gasteiger partial charge in [0.1, 0.15) is 5.82 Å². The molecule has 2 aromatic rings. The van der Waals surface area contributed by atoms with Gasteiger partial charge >= 0.3 is 0 Å². The van der Waals surface area contributed by atoms with E-state index in [2.05, 4.69) is 34.8 Å². The van der Waals surface area contributed by atoms with Gasteiger partial charge in [-0.3, -0.25) is 0 Å². The van der Waals surface area contributed by atoms with E-state index in [9.17, 15) is 4.39 Å². The molecule has 20 heavy (non-hydrogen) atoms. The van der Waals surface area contributed by atoms with Crippen LogP contribution in [0.5, 0.6) is 0 Å². The van der Waals surface area contributed by atoms with E-state index in [1.165, 1.54) is 23.5 Å². The molecular formula is C14H13Cl2FINS. The summed E-state index contributed by atoms with van der Waals surface area (Å²) in [5.74, 6) is -0.234. The number of nitrogens with one attached hydrogen (secondary N) is 1. The summed E-state index contributed by atoms with van der Waals surface area (Å²) in [6.45, 7) is 2.95. The number of thiophene rings is 1. The fourth-order valence-electron chi connectivity index (χ4n) is 1.96. The van der Waals surface area contributed by atoms with Crippen molar-refractivity contribution in [2.24, 2.45) is 0 Å². The van der Waals surface area contributed by atoms with E-state index in [1.54, 1.807) is 6.07 Å². The van der Waals surface area contributed by atoms with Crippen LogP contribution >= 0.6 is 57.1 Å². The smallest absolute Gasteiger partial charge is 0.124 e. The first kappa shape index (κ1) is 16.5. The average molecular weight is 444 g/mol. The van der Waals surface area contributed by atoms with E-state index in [4.69, 9.17) is 23.2 Å². The van der Waals surface area contributed by atoms with Crippen molar-refractivity contribution >= 4 is 57.1 Å². The highest BCUT2D eigenvalue weighted by Crippen LogP contribution is 2.38. The molecule has 0 bridgehead atoms. The van der Waals surface area contributed by atoms with Crippen LogP contribution in [0, 0.1) is 9.39 Å². The number of rotatable bonds is 5. The lowest BCUT2D eigenvalue weighted by Gasteiger charge is -2.20. The van der Waals surface area contributed by atoms with Gasteiger partial charge in [-0.05, 0) is 59.3 Å². The van der Waals surface area contributed by atoms with Crippen LogP contribution in [-0.4, -0.2) is 6.54 Å². The van der Waals surface area contributed by atoms with Crippen molar-refractivity contribution in [3.63, 3.8) is 0 Å². The quantitative estimate of drug-likeness (QED) is 0.568. The van der Waals surface area contributed by atoms with Crippen molar-refractivity contribution in [3.05, 3.63) is 53.5 Å². The number of halogens is 4. The molecule has 0 saturated heterocycles. The van der Waals surface area contributed by atoms with Crippen molar-refractivity contribution in [1.82, 2.24) is 5.32 Å². The van der Waals surface area contributed by atoms with Crippen LogP contribution in [0.15, 0.2) is 24.3 Å². The fraction of sp³-hybridized carbons (Fsp3) is 0.286. The Balaban J connectivity index is 2.44. The molecule has 0 saturated carbocycles. The normalized spacial score (nSPS) is 12.7. The Labute approximate surface area is 145 Å². The maximum atomic E-state index is 13.3. The molecule has 1 atom stereocenters. The molecule has 2 rings (SSSR count). The highest BCUT2D eigenvalue weighted by molar-refractivity contribution is 14.1. The lowest BCUT2D eigenvalue weighted by Crippen LogP contribution is -2.23. The van der Waals surface area contributed by atoms with Gasteiger partial charge in [-0.15, -0.1) is 11.3 Å². The molecule has 0 fully saturated rings. The van der Waals surface area contributed by atoms with Gasteiger partial charge in [0.2, 0.25) is 0 Å². The standard InChI is InChI=1S/C14H13Cl2FINS/c1-2-5-19-13(10-7-12(15)20-14(10)16)9-4-3-8(17)6-11(9)18/h3-4,6-7,13,19H,2,5H2,1H3. The van der Waals surface area contributed by atoms with Crippen LogP contribution in [0.2, 0.25) is 8.67 Å². The highest BCUT2D eigenvalue weighted by atomic mass is 127. The summed E-state index contributed by atoms with van der Waals surface area (Å²) in [7, 11) is 0. The van der Waals surface area contributed by atoms with E-state index >= 15 is 0 Å². The highest BCUT2D eigenvalue weighted by Gasteiger charge is 2.21. The zero-order valence-corrected chi connectivity index (χ0v) is 15.2. The predicted octanol–water partition coefficient (Wildman–Crippen LogP) is 5.89. The van der Waals surface area contributed by atoms with Crippen LogP contribution in [0.1, 0.15) is 30.5 Å². The molecule has 1 unspecified atom stereocenters. The van der Waals surface area contributed by atoms with Crippen molar-refractivity contribution in [1.29, 1.82) is 0 Å². The van der Waals surface area contributed by atoms with Crippen molar-refractivity contribution in [2.75, 3.05) is 6.54 Å². The molecule has 1 heterocycles. The van der Waals surface area contributed by atoms with Gasteiger partial charge in [0.05, 0.1) is 14.7 Å². The summed E-state index contributed by atoms with van der Waals surface area (Å²) >= 11 is 15.8. The zero-order chi connectivity index (χ0) is 14.7. The Morgan fingerprint density at radius 2 is 2.05 bits per heavy atom. The fourth-order valence-corrected chi connectivity index (χ4v) is 4.28.